The first-order chi connectivity index (χ1) is 10.8. The number of piperidine rings is 1. The third kappa shape index (κ3) is 5.27. The summed E-state index contributed by atoms with van der Waals surface area (Å²) in [6.07, 6.45) is 2.37. The van der Waals surface area contributed by atoms with E-state index in [1.54, 1.807) is 0 Å². The molecule has 0 spiro atoms. The highest BCUT2D eigenvalue weighted by atomic mass is 35.5. The van der Waals surface area contributed by atoms with E-state index in [4.69, 9.17) is 9.47 Å². The van der Waals surface area contributed by atoms with Crippen LogP contribution in [0.25, 0.3) is 0 Å². The second-order valence-electron chi connectivity index (χ2n) is 6.44. The van der Waals surface area contributed by atoms with Crippen molar-refractivity contribution in [3.05, 3.63) is 24.3 Å². The van der Waals surface area contributed by atoms with Gasteiger partial charge < -0.3 is 14.8 Å². The fourth-order valence-corrected chi connectivity index (χ4v) is 3.46. The van der Waals surface area contributed by atoms with Gasteiger partial charge in [0.05, 0.1) is 6.61 Å². The Morgan fingerprint density at radius 3 is 2.39 bits per heavy atom. The zero-order chi connectivity index (χ0) is 15.2. The van der Waals surface area contributed by atoms with Crippen molar-refractivity contribution in [2.75, 3.05) is 45.9 Å². The van der Waals surface area contributed by atoms with E-state index in [9.17, 15) is 0 Å². The second kappa shape index (κ2) is 9.36. The van der Waals surface area contributed by atoms with Gasteiger partial charge in [-0.1, -0.05) is 6.92 Å². The van der Waals surface area contributed by atoms with Crippen LogP contribution in [0.15, 0.2) is 24.3 Å². The van der Waals surface area contributed by atoms with Gasteiger partial charge in [0.25, 0.3) is 0 Å². The lowest BCUT2D eigenvalue weighted by molar-refractivity contribution is 0.127. The van der Waals surface area contributed by atoms with Crippen LogP contribution in [0.5, 0.6) is 11.5 Å². The molecule has 0 radical (unpaired) electrons. The van der Waals surface area contributed by atoms with Gasteiger partial charge in [-0.15, -0.1) is 12.4 Å². The van der Waals surface area contributed by atoms with Gasteiger partial charge in [0, 0.05) is 13.1 Å². The van der Waals surface area contributed by atoms with Crippen LogP contribution in [0.4, 0.5) is 0 Å². The van der Waals surface area contributed by atoms with Crippen LogP contribution in [-0.2, 0) is 0 Å². The molecule has 0 bridgehead atoms. The van der Waals surface area contributed by atoms with Crippen molar-refractivity contribution in [1.29, 1.82) is 0 Å². The number of rotatable bonds is 7. The van der Waals surface area contributed by atoms with Crippen molar-refractivity contribution >= 4 is 12.4 Å². The summed E-state index contributed by atoms with van der Waals surface area (Å²) in [7, 11) is 0. The van der Waals surface area contributed by atoms with Gasteiger partial charge in [0.2, 0.25) is 0 Å². The molecule has 1 aromatic rings. The van der Waals surface area contributed by atoms with Gasteiger partial charge in [-0.25, -0.2) is 0 Å². The lowest BCUT2D eigenvalue weighted by atomic mass is 9.89. The van der Waals surface area contributed by atoms with E-state index in [0.717, 1.165) is 49.5 Å². The number of fused-ring (bicyclic) bond motifs is 1. The minimum atomic E-state index is 0. The third-order valence-electron chi connectivity index (χ3n) is 4.76. The first-order valence-electron chi connectivity index (χ1n) is 8.64. The molecule has 23 heavy (non-hydrogen) atoms. The molecule has 2 aliphatic rings. The molecule has 2 atom stereocenters. The van der Waals surface area contributed by atoms with Crippen LogP contribution in [-0.4, -0.2) is 50.8 Å². The normalized spacial score (nSPS) is 23.9. The van der Waals surface area contributed by atoms with E-state index in [1.807, 2.05) is 24.3 Å². The summed E-state index contributed by atoms with van der Waals surface area (Å²) in [4.78, 5) is 2.55. The van der Waals surface area contributed by atoms with Crippen molar-refractivity contribution in [2.24, 2.45) is 11.8 Å². The molecule has 1 N–H and O–H groups in total. The summed E-state index contributed by atoms with van der Waals surface area (Å²) < 4.78 is 11.4. The van der Waals surface area contributed by atoms with E-state index in [-0.39, 0.29) is 12.4 Å². The molecule has 2 unspecified atom stereocenters. The zero-order valence-electron chi connectivity index (χ0n) is 14.0. The number of nitrogens with one attached hydrogen (secondary N) is 1. The maximum atomic E-state index is 5.87. The molecule has 130 valence electrons. The average Bonchev–Trinajstić information content (AvgIpc) is 3.02. The topological polar surface area (TPSA) is 33.7 Å². The van der Waals surface area contributed by atoms with Gasteiger partial charge in [0.15, 0.2) is 0 Å². The molecule has 0 aromatic heterocycles. The van der Waals surface area contributed by atoms with Crippen molar-refractivity contribution in [3.63, 3.8) is 0 Å². The van der Waals surface area contributed by atoms with Gasteiger partial charge in [-0.2, -0.15) is 0 Å². The molecule has 4 nitrogen and oxygen atoms in total. The van der Waals surface area contributed by atoms with Crippen molar-refractivity contribution in [1.82, 2.24) is 10.2 Å². The third-order valence-corrected chi connectivity index (χ3v) is 4.76. The predicted octanol–water partition coefficient (Wildman–Crippen LogP) is 2.82. The number of nitrogens with zero attached hydrogens (tertiary/aromatic N) is 1. The Morgan fingerprint density at radius 1 is 1.04 bits per heavy atom. The molecule has 2 saturated heterocycles. The van der Waals surface area contributed by atoms with Gasteiger partial charge in [-0.05, 0) is 68.6 Å². The minimum absolute atomic E-state index is 0. The number of hydrogen-bond acceptors (Lipinski definition) is 4. The Hall–Kier alpha value is -0.970. The first-order valence-corrected chi connectivity index (χ1v) is 8.64. The summed E-state index contributed by atoms with van der Waals surface area (Å²) in [6, 6.07) is 7.97. The molecule has 0 saturated carbocycles. The summed E-state index contributed by atoms with van der Waals surface area (Å²) in [5, 5.41) is 3.52. The lowest BCUT2D eigenvalue weighted by Gasteiger charge is -2.34. The van der Waals surface area contributed by atoms with Crippen molar-refractivity contribution in [3.8, 4) is 11.5 Å². The van der Waals surface area contributed by atoms with E-state index in [1.165, 1.54) is 32.6 Å². The van der Waals surface area contributed by atoms with Crippen LogP contribution in [0.2, 0.25) is 0 Å². The van der Waals surface area contributed by atoms with Crippen LogP contribution >= 0.6 is 12.4 Å². The largest absolute Gasteiger partial charge is 0.494 e. The second-order valence-corrected chi connectivity index (χ2v) is 6.44. The Kier molecular flexibility index (Phi) is 7.47. The van der Waals surface area contributed by atoms with Gasteiger partial charge in [0.1, 0.15) is 18.1 Å². The molecule has 0 aliphatic carbocycles. The lowest BCUT2D eigenvalue weighted by Crippen LogP contribution is -2.41. The monoisotopic (exact) mass is 340 g/mol. The highest BCUT2D eigenvalue weighted by Gasteiger charge is 2.32. The fraction of sp³-hybridized carbons (Fsp3) is 0.667. The highest BCUT2D eigenvalue weighted by Crippen LogP contribution is 2.26. The number of hydrogen-bond donors (Lipinski definition) is 1. The summed E-state index contributed by atoms with van der Waals surface area (Å²) in [5.74, 6) is 3.61. The summed E-state index contributed by atoms with van der Waals surface area (Å²) >= 11 is 0. The molecule has 5 heteroatoms. The van der Waals surface area contributed by atoms with Crippen LogP contribution in [0, 0.1) is 11.8 Å². The van der Waals surface area contributed by atoms with Crippen molar-refractivity contribution < 1.29 is 9.47 Å². The Morgan fingerprint density at radius 2 is 1.70 bits per heavy atom. The zero-order valence-corrected chi connectivity index (χ0v) is 14.8. The number of benzene rings is 1. The maximum absolute atomic E-state index is 5.87. The van der Waals surface area contributed by atoms with Crippen LogP contribution < -0.4 is 14.8 Å². The minimum Gasteiger partial charge on any atom is -0.494 e. The highest BCUT2D eigenvalue weighted by molar-refractivity contribution is 5.85. The van der Waals surface area contributed by atoms with Crippen LogP contribution in [0.1, 0.15) is 19.8 Å². The maximum Gasteiger partial charge on any atom is 0.119 e. The quantitative estimate of drug-likeness (QED) is 0.827. The number of ether oxygens (including phenoxy) is 2. The van der Waals surface area contributed by atoms with Crippen LogP contribution in [0.3, 0.4) is 0 Å². The summed E-state index contributed by atoms with van der Waals surface area (Å²) in [5.41, 5.74) is 0. The van der Waals surface area contributed by atoms with E-state index in [2.05, 4.69) is 17.1 Å². The molecular weight excluding hydrogens is 312 g/mol. The Balaban J connectivity index is 0.00000192. The molecule has 2 fully saturated rings. The summed E-state index contributed by atoms with van der Waals surface area (Å²) in [6.45, 7) is 9.54. The first kappa shape index (κ1) is 18.4. The molecule has 2 aliphatic heterocycles. The number of likely N-dealkylation sites (tertiary alicyclic amines) is 1. The smallest absolute Gasteiger partial charge is 0.119 e. The molecule has 3 rings (SSSR count). The van der Waals surface area contributed by atoms with E-state index >= 15 is 0 Å². The fourth-order valence-electron chi connectivity index (χ4n) is 3.46. The van der Waals surface area contributed by atoms with Gasteiger partial charge in [-0.3, -0.25) is 4.90 Å². The molecular formula is C18H29ClN2O2. The molecule has 0 amide bonds. The van der Waals surface area contributed by atoms with Gasteiger partial charge >= 0.3 is 0 Å². The predicted molar refractivity (Wildman–Crippen MR) is 95.9 cm³/mol. The van der Waals surface area contributed by atoms with Crippen molar-refractivity contribution in [2.45, 2.75) is 19.8 Å². The Labute approximate surface area is 145 Å². The SMILES string of the molecule is CCCOc1ccc(OCCN2CCC3CNCC3C2)cc1.Cl. The van der Waals surface area contributed by atoms with E-state index in [0.29, 0.717) is 0 Å². The van der Waals surface area contributed by atoms with E-state index < -0.39 is 0 Å². The molecule has 1 aromatic carbocycles. The number of halogens is 1. The molecule has 2 heterocycles. The standard InChI is InChI=1S/C18H28N2O2.ClH/c1-2-10-21-17-3-5-18(6-4-17)22-11-9-20-8-7-15-12-19-13-16(15)14-20;/h3-6,15-16,19H,2,7-14H2,1H3;1H. The Bertz CT molecular complexity index is 455. The average molecular weight is 341 g/mol.